The predicted octanol–water partition coefficient (Wildman–Crippen LogP) is 2.78. The van der Waals surface area contributed by atoms with E-state index in [2.05, 4.69) is 49.5 Å². The maximum absolute atomic E-state index is 12.5. The van der Waals surface area contributed by atoms with Gasteiger partial charge < -0.3 is 9.88 Å². The number of carbonyl (C=O) groups is 1. The molecule has 1 atom stereocenters. The molecule has 0 saturated heterocycles. The number of hydrogen-bond donors (Lipinski definition) is 1. The molecule has 0 saturated carbocycles. The molecular weight excluding hydrogens is 250 g/mol. The van der Waals surface area contributed by atoms with E-state index in [-0.39, 0.29) is 22.8 Å². The first-order valence-electron chi connectivity index (χ1n) is 7.48. The Morgan fingerprint density at radius 3 is 2.75 bits per heavy atom. The normalized spacial score (nSPS) is 19.6. The number of nitrogens with one attached hydrogen (secondary N) is 1. The fourth-order valence-corrected chi connectivity index (χ4v) is 3.38. The van der Waals surface area contributed by atoms with Crippen molar-refractivity contribution in [2.24, 2.45) is 11.3 Å². The smallest absolute Gasteiger partial charge is 0.224 e. The van der Waals surface area contributed by atoms with Crippen molar-refractivity contribution >= 4 is 5.91 Å². The van der Waals surface area contributed by atoms with Crippen LogP contribution in [-0.2, 0) is 17.8 Å². The van der Waals surface area contributed by atoms with E-state index >= 15 is 0 Å². The monoisotopic (exact) mass is 277 g/mol. The molecule has 0 radical (unpaired) electrons. The van der Waals surface area contributed by atoms with Gasteiger partial charge in [0.05, 0.1) is 0 Å². The van der Waals surface area contributed by atoms with Crippen molar-refractivity contribution in [1.29, 1.82) is 0 Å². The summed E-state index contributed by atoms with van der Waals surface area (Å²) in [5.74, 6) is 1.27. The highest BCUT2D eigenvalue weighted by molar-refractivity contribution is 5.79. The number of hydrogen-bond acceptors (Lipinski definition) is 2. The number of amides is 1. The zero-order chi connectivity index (χ0) is 15.0. The van der Waals surface area contributed by atoms with Gasteiger partial charge >= 0.3 is 0 Å². The van der Waals surface area contributed by atoms with Gasteiger partial charge in [-0.15, -0.1) is 0 Å². The van der Waals surface area contributed by atoms with E-state index in [1.807, 2.05) is 12.4 Å². The van der Waals surface area contributed by atoms with Gasteiger partial charge in [0, 0.05) is 36.8 Å². The Hall–Kier alpha value is -1.32. The molecule has 112 valence electrons. The van der Waals surface area contributed by atoms with Gasteiger partial charge in [0.2, 0.25) is 5.91 Å². The standard InChI is InChI=1S/C16H27N3O/c1-15(2,3)11-16(4,5)18-14(20)12-6-8-19-9-7-17-13(19)10-12/h7,9,12H,6,8,10-11H2,1-5H3,(H,18,20). The lowest BCUT2D eigenvalue weighted by atomic mass is 9.81. The Bertz CT molecular complexity index is 482. The Balaban J connectivity index is 1.96. The summed E-state index contributed by atoms with van der Waals surface area (Å²) in [6.07, 6.45) is 6.43. The summed E-state index contributed by atoms with van der Waals surface area (Å²) in [7, 11) is 0. The second-order valence-electron chi connectivity index (χ2n) is 7.84. The summed E-state index contributed by atoms with van der Waals surface area (Å²) in [5.41, 5.74) is 0.0435. The zero-order valence-corrected chi connectivity index (χ0v) is 13.4. The second kappa shape index (κ2) is 5.23. The minimum Gasteiger partial charge on any atom is -0.351 e. The van der Waals surface area contributed by atoms with Crippen LogP contribution in [0.3, 0.4) is 0 Å². The Kier molecular flexibility index (Phi) is 3.94. The van der Waals surface area contributed by atoms with Crippen LogP contribution in [0.5, 0.6) is 0 Å². The number of aryl methyl sites for hydroxylation is 1. The van der Waals surface area contributed by atoms with Crippen LogP contribution >= 0.6 is 0 Å². The fraction of sp³-hybridized carbons (Fsp3) is 0.750. The lowest BCUT2D eigenvalue weighted by Gasteiger charge is -2.35. The lowest BCUT2D eigenvalue weighted by Crippen LogP contribution is -2.49. The van der Waals surface area contributed by atoms with Gasteiger partial charge in [0.25, 0.3) is 0 Å². The molecule has 0 bridgehead atoms. The summed E-state index contributed by atoms with van der Waals surface area (Å²) >= 11 is 0. The summed E-state index contributed by atoms with van der Waals surface area (Å²) in [4.78, 5) is 16.8. The quantitative estimate of drug-likeness (QED) is 0.923. The van der Waals surface area contributed by atoms with E-state index in [0.29, 0.717) is 0 Å². The van der Waals surface area contributed by atoms with Crippen LogP contribution in [0.15, 0.2) is 12.4 Å². The molecule has 0 aliphatic carbocycles. The number of nitrogens with zero attached hydrogens (tertiary/aromatic N) is 2. The number of rotatable bonds is 3. The van der Waals surface area contributed by atoms with E-state index in [4.69, 9.17) is 0 Å². The van der Waals surface area contributed by atoms with E-state index in [1.165, 1.54) is 0 Å². The molecule has 1 aliphatic heterocycles. The summed E-state index contributed by atoms with van der Waals surface area (Å²) in [6, 6.07) is 0. The topological polar surface area (TPSA) is 46.9 Å². The van der Waals surface area contributed by atoms with Crippen LogP contribution in [-0.4, -0.2) is 21.0 Å². The second-order valence-corrected chi connectivity index (χ2v) is 7.84. The van der Waals surface area contributed by atoms with E-state index in [9.17, 15) is 4.79 Å². The molecule has 1 aromatic rings. The van der Waals surface area contributed by atoms with Crippen molar-refractivity contribution in [2.75, 3.05) is 0 Å². The van der Waals surface area contributed by atoms with E-state index in [0.717, 1.165) is 31.6 Å². The molecule has 1 N–H and O–H groups in total. The molecule has 4 nitrogen and oxygen atoms in total. The van der Waals surface area contributed by atoms with Crippen LogP contribution < -0.4 is 5.32 Å². The lowest BCUT2D eigenvalue weighted by molar-refractivity contribution is -0.127. The van der Waals surface area contributed by atoms with Crippen LogP contribution in [0, 0.1) is 11.3 Å². The summed E-state index contributed by atoms with van der Waals surface area (Å²) < 4.78 is 2.14. The first kappa shape index (κ1) is 15.1. The van der Waals surface area contributed by atoms with E-state index < -0.39 is 0 Å². The van der Waals surface area contributed by atoms with Gasteiger partial charge in [-0.1, -0.05) is 20.8 Å². The maximum atomic E-state index is 12.5. The Morgan fingerprint density at radius 2 is 2.10 bits per heavy atom. The number of aromatic nitrogens is 2. The number of imidazole rings is 1. The highest BCUT2D eigenvalue weighted by Crippen LogP contribution is 2.28. The average Bonchev–Trinajstić information content (AvgIpc) is 2.71. The molecule has 1 aromatic heterocycles. The van der Waals surface area contributed by atoms with Crippen molar-refractivity contribution < 1.29 is 4.79 Å². The third-order valence-corrected chi connectivity index (χ3v) is 3.75. The first-order valence-corrected chi connectivity index (χ1v) is 7.48. The predicted molar refractivity (Wildman–Crippen MR) is 80.3 cm³/mol. The molecule has 0 spiro atoms. The fourth-order valence-electron chi connectivity index (χ4n) is 3.38. The summed E-state index contributed by atoms with van der Waals surface area (Å²) in [5, 5.41) is 3.23. The number of carbonyl (C=O) groups excluding carboxylic acids is 1. The van der Waals surface area contributed by atoms with Crippen LogP contribution in [0.1, 0.15) is 53.3 Å². The van der Waals surface area contributed by atoms with Crippen molar-refractivity contribution in [1.82, 2.24) is 14.9 Å². The Labute approximate surface area is 122 Å². The average molecular weight is 277 g/mol. The zero-order valence-electron chi connectivity index (χ0n) is 13.4. The molecule has 0 fully saturated rings. The molecule has 2 rings (SSSR count). The minimum atomic E-state index is -0.164. The number of fused-ring (bicyclic) bond motifs is 1. The van der Waals surface area contributed by atoms with Gasteiger partial charge in [-0.25, -0.2) is 4.98 Å². The molecule has 20 heavy (non-hydrogen) atoms. The molecule has 1 aliphatic rings. The highest BCUT2D eigenvalue weighted by atomic mass is 16.2. The largest absolute Gasteiger partial charge is 0.351 e. The molecule has 1 unspecified atom stereocenters. The van der Waals surface area contributed by atoms with Crippen LogP contribution in [0.2, 0.25) is 0 Å². The molecule has 4 heteroatoms. The van der Waals surface area contributed by atoms with Gasteiger partial charge in [0.15, 0.2) is 0 Å². The van der Waals surface area contributed by atoms with Crippen molar-refractivity contribution in [3.05, 3.63) is 18.2 Å². The van der Waals surface area contributed by atoms with Gasteiger partial charge in [0.1, 0.15) is 5.82 Å². The van der Waals surface area contributed by atoms with E-state index in [1.54, 1.807) is 0 Å². The van der Waals surface area contributed by atoms with Gasteiger partial charge in [-0.3, -0.25) is 4.79 Å². The van der Waals surface area contributed by atoms with Gasteiger partial charge in [-0.2, -0.15) is 0 Å². The maximum Gasteiger partial charge on any atom is 0.224 e. The SMILES string of the molecule is CC(C)(C)CC(C)(C)NC(=O)C1CCn2ccnc2C1. The molecular formula is C16H27N3O. The van der Waals surface area contributed by atoms with Crippen LogP contribution in [0.4, 0.5) is 0 Å². The first-order chi connectivity index (χ1) is 9.16. The van der Waals surface area contributed by atoms with Crippen molar-refractivity contribution in [3.63, 3.8) is 0 Å². The molecule has 2 heterocycles. The third kappa shape index (κ3) is 3.84. The molecule has 1 amide bonds. The van der Waals surface area contributed by atoms with Crippen LogP contribution in [0.25, 0.3) is 0 Å². The molecule has 0 aromatic carbocycles. The third-order valence-electron chi connectivity index (χ3n) is 3.75. The van der Waals surface area contributed by atoms with Gasteiger partial charge in [-0.05, 0) is 32.1 Å². The minimum absolute atomic E-state index is 0.0594. The Morgan fingerprint density at radius 1 is 1.40 bits per heavy atom. The highest BCUT2D eigenvalue weighted by Gasteiger charge is 2.31. The van der Waals surface area contributed by atoms with Crippen molar-refractivity contribution in [2.45, 2.75) is 66.0 Å². The van der Waals surface area contributed by atoms with Crippen molar-refractivity contribution in [3.8, 4) is 0 Å². The summed E-state index contributed by atoms with van der Waals surface area (Å²) in [6.45, 7) is 11.7.